The molecule has 0 radical (unpaired) electrons. The van der Waals surface area contributed by atoms with E-state index in [4.69, 9.17) is 16.3 Å². The van der Waals surface area contributed by atoms with Gasteiger partial charge in [0, 0.05) is 18.3 Å². The van der Waals surface area contributed by atoms with Gasteiger partial charge in [-0.25, -0.2) is 4.79 Å². The van der Waals surface area contributed by atoms with Crippen LogP contribution in [0.3, 0.4) is 0 Å². The second-order valence-corrected chi connectivity index (χ2v) is 7.25. The minimum atomic E-state index is -0.411. The fourth-order valence-electron chi connectivity index (χ4n) is 3.77. The van der Waals surface area contributed by atoms with Crippen LogP contribution in [-0.4, -0.2) is 19.2 Å². The number of nitrogens with one attached hydrogen (secondary N) is 1. The lowest BCUT2D eigenvalue weighted by molar-refractivity contribution is 0.144. The lowest BCUT2D eigenvalue weighted by atomic mass is 9.98. The van der Waals surface area contributed by atoms with Crippen LogP contribution in [0.25, 0.3) is 17.2 Å². The van der Waals surface area contributed by atoms with E-state index in [1.165, 1.54) is 22.3 Å². The average Bonchev–Trinajstić information content (AvgIpc) is 3.09. The second kappa shape index (κ2) is 8.97. The maximum Gasteiger partial charge on any atom is 0.407 e. The van der Waals surface area contributed by atoms with Gasteiger partial charge in [-0.3, -0.25) is 0 Å². The monoisotopic (exact) mass is 403 g/mol. The SMILES string of the molecule is O=C(NCC=Cc1cccc(CCl)c1)OCC1c2ccccc2-c2ccccc21. The molecule has 1 aliphatic rings. The number of alkyl carbamates (subject to hydrolysis) is 1. The minimum absolute atomic E-state index is 0.0713. The third-order valence-corrected chi connectivity index (χ3v) is 5.43. The summed E-state index contributed by atoms with van der Waals surface area (Å²) in [7, 11) is 0. The van der Waals surface area contributed by atoms with E-state index >= 15 is 0 Å². The van der Waals surface area contributed by atoms with Crippen LogP contribution in [0, 0.1) is 0 Å². The Morgan fingerprint density at radius 2 is 1.66 bits per heavy atom. The fraction of sp³-hybridized carbons (Fsp3) is 0.160. The van der Waals surface area contributed by atoms with E-state index in [0.29, 0.717) is 19.0 Å². The number of ether oxygens (including phenoxy) is 1. The molecule has 0 bridgehead atoms. The molecule has 0 aliphatic heterocycles. The molecule has 146 valence electrons. The topological polar surface area (TPSA) is 38.3 Å². The Bertz CT molecular complexity index is 999. The van der Waals surface area contributed by atoms with Gasteiger partial charge < -0.3 is 10.1 Å². The number of alkyl halides is 1. The smallest absolute Gasteiger partial charge is 0.407 e. The number of amides is 1. The van der Waals surface area contributed by atoms with Crippen LogP contribution < -0.4 is 5.32 Å². The van der Waals surface area contributed by atoms with E-state index in [2.05, 4.69) is 29.6 Å². The Morgan fingerprint density at radius 3 is 2.34 bits per heavy atom. The highest BCUT2D eigenvalue weighted by atomic mass is 35.5. The molecule has 0 atom stereocenters. The highest BCUT2D eigenvalue weighted by Gasteiger charge is 2.28. The van der Waals surface area contributed by atoms with Crippen LogP contribution in [0.1, 0.15) is 28.2 Å². The van der Waals surface area contributed by atoms with Crippen molar-refractivity contribution in [3.8, 4) is 11.1 Å². The summed E-state index contributed by atoms with van der Waals surface area (Å²) in [4.78, 5) is 12.2. The lowest BCUT2D eigenvalue weighted by Gasteiger charge is -2.14. The molecule has 0 heterocycles. The number of hydrogen-bond acceptors (Lipinski definition) is 2. The van der Waals surface area contributed by atoms with Crippen LogP contribution in [0.15, 0.2) is 78.9 Å². The van der Waals surface area contributed by atoms with Crippen molar-refractivity contribution in [2.75, 3.05) is 13.2 Å². The molecular weight excluding hydrogens is 382 g/mol. The fourth-order valence-corrected chi connectivity index (χ4v) is 3.93. The second-order valence-electron chi connectivity index (χ2n) is 6.99. The van der Waals surface area contributed by atoms with E-state index in [9.17, 15) is 4.79 Å². The Labute approximate surface area is 176 Å². The highest BCUT2D eigenvalue weighted by molar-refractivity contribution is 6.17. The van der Waals surface area contributed by atoms with Crippen LogP contribution >= 0.6 is 11.6 Å². The number of halogens is 1. The predicted octanol–water partition coefficient (Wildman–Crippen LogP) is 5.98. The normalized spacial score (nSPS) is 12.6. The van der Waals surface area contributed by atoms with Crippen LogP contribution in [0.5, 0.6) is 0 Å². The summed E-state index contributed by atoms with van der Waals surface area (Å²) in [5.41, 5.74) is 6.98. The van der Waals surface area contributed by atoms with Crippen molar-refractivity contribution in [1.82, 2.24) is 5.32 Å². The van der Waals surface area contributed by atoms with Crippen LogP contribution in [0.2, 0.25) is 0 Å². The Balaban J connectivity index is 1.32. The van der Waals surface area contributed by atoms with Crippen molar-refractivity contribution in [1.29, 1.82) is 0 Å². The Morgan fingerprint density at radius 1 is 0.966 bits per heavy atom. The molecule has 3 aromatic carbocycles. The summed E-state index contributed by atoms with van der Waals surface area (Å²) in [6.07, 6.45) is 3.44. The van der Waals surface area contributed by atoms with Gasteiger partial charge in [-0.2, -0.15) is 0 Å². The zero-order valence-electron chi connectivity index (χ0n) is 16.0. The number of carbonyl (C=O) groups is 1. The predicted molar refractivity (Wildman–Crippen MR) is 118 cm³/mol. The third kappa shape index (κ3) is 4.36. The summed E-state index contributed by atoms with van der Waals surface area (Å²) in [6.45, 7) is 0.725. The van der Waals surface area contributed by atoms with Gasteiger partial charge in [-0.15, -0.1) is 11.6 Å². The van der Waals surface area contributed by atoms with Gasteiger partial charge in [0.05, 0.1) is 0 Å². The van der Waals surface area contributed by atoms with Crippen LogP contribution in [-0.2, 0) is 10.6 Å². The molecule has 0 aromatic heterocycles. The van der Waals surface area contributed by atoms with Gasteiger partial charge in [0.25, 0.3) is 0 Å². The van der Waals surface area contributed by atoms with E-state index in [0.717, 1.165) is 11.1 Å². The molecule has 1 aliphatic carbocycles. The molecular formula is C25H22ClNO2. The molecule has 29 heavy (non-hydrogen) atoms. The quantitative estimate of drug-likeness (QED) is 0.514. The van der Waals surface area contributed by atoms with Crippen LogP contribution in [0.4, 0.5) is 4.79 Å². The average molecular weight is 404 g/mol. The maximum absolute atomic E-state index is 12.2. The molecule has 0 fully saturated rings. The summed E-state index contributed by atoms with van der Waals surface area (Å²) in [5.74, 6) is 0.557. The first-order valence-electron chi connectivity index (χ1n) is 9.66. The molecule has 0 saturated carbocycles. The molecule has 4 heteroatoms. The molecule has 0 spiro atoms. The van der Waals surface area contributed by atoms with Gasteiger partial charge in [0.15, 0.2) is 0 Å². The van der Waals surface area contributed by atoms with Crippen molar-refractivity contribution < 1.29 is 9.53 Å². The zero-order valence-corrected chi connectivity index (χ0v) is 16.7. The molecule has 0 unspecified atom stereocenters. The summed E-state index contributed by atoms with van der Waals surface area (Å²) in [6, 6.07) is 24.6. The molecule has 0 saturated heterocycles. The number of hydrogen-bond donors (Lipinski definition) is 1. The highest BCUT2D eigenvalue weighted by Crippen LogP contribution is 2.44. The first kappa shape index (κ1) is 19.3. The number of benzene rings is 3. The molecule has 4 rings (SSSR count). The first-order valence-corrected chi connectivity index (χ1v) is 10.2. The first-order chi connectivity index (χ1) is 14.3. The van der Waals surface area contributed by atoms with Gasteiger partial charge in [-0.1, -0.05) is 84.9 Å². The maximum atomic E-state index is 12.2. The van der Waals surface area contributed by atoms with Crippen molar-refractivity contribution >= 4 is 23.8 Å². The zero-order chi connectivity index (χ0) is 20.1. The van der Waals surface area contributed by atoms with Crippen molar-refractivity contribution in [2.45, 2.75) is 11.8 Å². The van der Waals surface area contributed by atoms with Crippen molar-refractivity contribution in [3.63, 3.8) is 0 Å². The van der Waals surface area contributed by atoms with Crippen molar-refractivity contribution in [2.24, 2.45) is 0 Å². The Hall–Kier alpha value is -3.04. The Kier molecular flexibility index (Phi) is 5.97. The molecule has 1 amide bonds. The standard InChI is InChI=1S/C25H22ClNO2/c26-16-19-8-5-7-18(15-19)9-6-14-27-25(28)29-17-24-22-12-3-1-10-20(22)21-11-2-4-13-23(21)24/h1-13,15,24H,14,16-17H2,(H,27,28). The summed E-state index contributed by atoms with van der Waals surface area (Å²) in [5, 5.41) is 2.78. The van der Waals surface area contributed by atoms with E-state index in [-0.39, 0.29) is 5.92 Å². The van der Waals surface area contributed by atoms with E-state index in [1.54, 1.807) is 0 Å². The van der Waals surface area contributed by atoms with E-state index in [1.807, 2.05) is 60.7 Å². The largest absolute Gasteiger partial charge is 0.449 e. The van der Waals surface area contributed by atoms with Gasteiger partial charge in [0.2, 0.25) is 0 Å². The number of rotatable bonds is 6. The molecule has 1 N–H and O–H groups in total. The number of carbonyl (C=O) groups excluding carboxylic acids is 1. The molecule has 3 nitrogen and oxygen atoms in total. The summed E-state index contributed by atoms with van der Waals surface area (Å²) >= 11 is 5.86. The minimum Gasteiger partial charge on any atom is -0.449 e. The van der Waals surface area contributed by atoms with Gasteiger partial charge in [0.1, 0.15) is 6.61 Å². The third-order valence-electron chi connectivity index (χ3n) is 5.12. The lowest BCUT2D eigenvalue weighted by Crippen LogP contribution is -2.26. The summed E-state index contributed by atoms with van der Waals surface area (Å²) < 4.78 is 5.53. The van der Waals surface area contributed by atoms with E-state index < -0.39 is 6.09 Å². The van der Waals surface area contributed by atoms with Gasteiger partial charge in [-0.05, 0) is 33.4 Å². The van der Waals surface area contributed by atoms with Gasteiger partial charge >= 0.3 is 6.09 Å². The molecule has 3 aromatic rings. The number of fused-ring (bicyclic) bond motifs is 3. The van der Waals surface area contributed by atoms with Crippen molar-refractivity contribution in [3.05, 3.63) is 101 Å².